The molecule has 0 aliphatic heterocycles. The number of carbonyl (C=O) groups excluding carboxylic acids is 3. The number of amides is 1. The third kappa shape index (κ3) is 3.45. The van der Waals surface area contributed by atoms with E-state index >= 15 is 0 Å². The van der Waals surface area contributed by atoms with Gasteiger partial charge in [-0.1, -0.05) is 35.4 Å². The standard InChI is InChI=1S/C30H31N5O6/c1-13-7-14(2)9-15(8-13)16-5-6-18(36)19-17(16)10-28(33)11-30(34)24(35(3)4)23(38)20(27(32)41)25(39)29(30,12-31)26(40)21(28)22(19)37/h5-9,24,36-37,39H,10-11,33-34H2,1-4H3,(H2,32,41)/t24-,28-,29+,30-/m1/s1. The Morgan fingerprint density at radius 3 is 2.22 bits per heavy atom. The first-order chi connectivity index (χ1) is 19.1. The number of aryl methyl sites for hydroxylation is 2. The number of hydrogen-bond donors (Lipinski definition) is 6. The molecule has 1 saturated carbocycles. The maximum absolute atomic E-state index is 14.4. The molecule has 0 saturated heterocycles. The molecule has 41 heavy (non-hydrogen) atoms. The van der Waals surface area contributed by atoms with Gasteiger partial charge >= 0.3 is 0 Å². The van der Waals surface area contributed by atoms with Gasteiger partial charge in [0.05, 0.1) is 34.3 Å². The van der Waals surface area contributed by atoms with E-state index in [0.29, 0.717) is 11.1 Å². The first kappa shape index (κ1) is 28.0. The number of aliphatic hydroxyl groups is 2. The number of aromatic hydroxyl groups is 1. The van der Waals surface area contributed by atoms with Crippen LogP contribution in [0.15, 0.2) is 47.2 Å². The molecule has 0 unspecified atom stereocenters. The summed E-state index contributed by atoms with van der Waals surface area (Å²) in [5, 5.41) is 44.3. The first-order valence-electron chi connectivity index (χ1n) is 12.9. The Morgan fingerprint density at radius 2 is 1.68 bits per heavy atom. The summed E-state index contributed by atoms with van der Waals surface area (Å²) in [5.74, 6) is -5.64. The number of primary amides is 1. The number of phenols is 1. The van der Waals surface area contributed by atoms with Gasteiger partial charge in [0.2, 0.25) is 0 Å². The van der Waals surface area contributed by atoms with Gasteiger partial charge in [0, 0.05) is 0 Å². The molecule has 4 atom stereocenters. The fourth-order valence-corrected chi connectivity index (χ4v) is 7.23. The number of nitriles is 1. The van der Waals surface area contributed by atoms with Crippen LogP contribution in [0, 0.1) is 30.6 Å². The van der Waals surface area contributed by atoms with Gasteiger partial charge in [-0.3, -0.25) is 19.3 Å². The lowest BCUT2D eigenvalue weighted by molar-refractivity contribution is -0.139. The van der Waals surface area contributed by atoms with Crippen LogP contribution in [0.5, 0.6) is 5.75 Å². The molecule has 212 valence electrons. The van der Waals surface area contributed by atoms with Crippen molar-refractivity contribution in [3.05, 3.63) is 69.5 Å². The average molecular weight is 558 g/mol. The van der Waals surface area contributed by atoms with E-state index in [1.807, 2.05) is 32.0 Å². The molecule has 0 aromatic heterocycles. The minimum Gasteiger partial charge on any atom is -0.509 e. The van der Waals surface area contributed by atoms with Crippen molar-refractivity contribution in [2.45, 2.75) is 43.8 Å². The molecule has 2 aromatic rings. The highest BCUT2D eigenvalue weighted by molar-refractivity contribution is 6.25. The molecular weight excluding hydrogens is 526 g/mol. The predicted molar refractivity (Wildman–Crippen MR) is 149 cm³/mol. The summed E-state index contributed by atoms with van der Waals surface area (Å²) in [6.45, 7) is 3.87. The lowest BCUT2D eigenvalue weighted by Gasteiger charge is -2.58. The molecule has 0 radical (unpaired) electrons. The number of ketones is 2. The third-order valence-corrected chi connectivity index (χ3v) is 8.67. The maximum atomic E-state index is 14.4. The molecular formula is C30H31N5O6. The second-order valence-electron chi connectivity index (χ2n) is 11.6. The number of rotatable bonds is 3. The van der Waals surface area contributed by atoms with Crippen LogP contribution in [-0.2, 0) is 20.8 Å². The van der Waals surface area contributed by atoms with Crippen molar-refractivity contribution in [1.29, 1.82) is 5.26 Å². The Bertz CT molecular complexity index is 1680. The van der Waals surface area contributed by atoms with Crippen molar-refractivity contribution in [1.82, 2.24) is 4.90 Å². The number of hydrogen-bond acceptors (Lipinski definition) is 10. The van der Waals surface area contributed by atoms with E-state index in [0.717, 1.165) is 16.7 Å². The molecule has 3 aliphatic carbocycles. The lowest BCUT2D eigenvalue weighted by atomic mass is 9.47. The fourth-order valence-electron chi connectivity index (χ4n) is 7.23. The van der Waals surface area contributed by atoms with Crippen molar-refractivity contribution in [2.75, 3.05) is 14.1 Å². The molecule has 0 bridgehead atoms. The van der Waals surface area contributed by atoms with Gasteiger partial charge in [0.15, 0.2) is 17.0 Å². The molecule has 2 aromatic carbocycles. The van der Waals surface area contributed by atoms with Gasteiger partial charge in [-0.25, -0.2) is 0 Å². The smallest absolute Gasteiger partial charge is 0.255 e. The SMILES string of the molecule is Cc1cc(C)cc(-c2ccc(O)c3c2C[C@@]2(N)C[C@@]4(N)[C@H](N(C)C)C(=O)C(C(N)=O)=C(O)[C@@]4(C#N)C(=O)C2=C3O)c1. The lowest BCUT2D eigenvalue weighted by Crippen LogP contribution is -2.80. The largest absolute Gasteiger partial charge is 0.509 e. The van der Waals surface area contributed by atoms with Crippen LogP contribution in [0.2, 0.25) is 0 Å². The monoisotopic (exact) mass is 557 g/mol. The average Bonchev–Trinajstić information content (AvgIpc) is 2.82. The number of likely N-dealkylation sites (N-methyl/N-ethyl adjacent to an activating group) is 1. The summed E-state index contributed by atoms with van der Waals surface area (Å²) < 4.78 is 0. The van der Waals surface area contributed by atoms with Crippen LogP contribution in [0.1, 0.15) is 28.7 Å². The number of nitrogens with zero attached hydrogens (tertiary/aromatic N) is 2. The number of nitrogens with two attached hydrogens (primary N) is 3. The Balaban J connectivity index is 1.87. The highest BCUT2D eigenvalue weighted by Crippen LogP contribution is 2.58. The zero-order valence-electron chi connectivity index (χ0n) is 23.1. The number of fused-ring (bicyclic) bond motifs is 3. The van der Waals surface area contributed by atoms with E-state index in [4.69, 9.17) is 17.2 Å². The van der Waals surface area contributed by atoms with E-state index in [9.17, 15) is 35.0 Å². The molecule has 0 heterocycles. The molecule has 1 fully saturated rings. The normalized spacial score (nSPS) is 29.2. The van der Waals surface area contributed by atoms with E-state index < -0.39 is 69.1 Å². The Kier molecular flexibility index (Phi) is 5.98. The molecule has 5 rings (SSSR count). The summed E-state index contributed by atoms with van der Waals surface area (Å²) in [6, 6.07) is 9.26. The van der Waals surface area contributed by atoms with E-state index in [-0.39, 0.29) is 17.7 Å². The van der Waals surface area contributed by atoms with Gasteiger partial charge in [-0.05, 0) is 63.5 Å². The van der Waals surface area contributed by atoms with Gasteiger partial charge in [-0.15, -0.1) is 0 Å². The van der Waals surface area contributed by atoms with Crippen LogP contribution in [-0.4, -0.2) is 68.9 Å². The molecule has 0 spiro atoms. The molecule has 9 N–H and O–H groups in total. The first-order valence-corrected chi connectivity index (χ1v) is 12.9. The topological polar surface area (TPSA) is 217 Å². The van der Waals surface area contributed by atoms with Crippen LogP contribution in [0.25, 0.3) is 16.9 Å². The number of benzene rings is 2. The van der Waals surface area contributed by atoms with Crippen LogP contribution >= 0.6 is 0 Å². The highest BCUT2D eigenvalue weighted by atomic mass is 16.3. The summed E-state index contributed by atoms with van der Waals surface area (Å²) in [4.78, 5) is 41.6. The fraction of sp³-hybridized carbons (Fsp3) is 0.333. The summed E-state index contributed by atoms with van der Waals surface area (Å²) >= 11 is 0. The molecule has 1 amide bonds. The quantitative estimate of drug-likeness (QED) is 0.296. The van der Waals surface area contributed by atoms with Crippen molar-refractivity contribution >= 4 is 23.2 Å². The van der Waals surface area contributed by atoms with Crippen LogP contribution in [0.3, 0.4) is 0 Å². The molecule has 11 nitrogen and oxygen atoms in total. The van der Waals surface area contributed by atoms with Gasteiger partial charge in [-0.2, -0.15) is 5.26 Å². The Morgan fingerprint density at radius 1 is 1.07 bits per heavy atom. The summed E-state index contributed by atoms with van der Waals surface area (Å²) in [7, 11) is 2.95. The number of carbonyl (C=O) groups is 3. The Labute approximate surface area is 236 Å². The second-order valence-corrected chi connectivity index (χ2v) is 11.6. The van der Waals surface area contributed by atoms with E-state index in [2.05, 4.69) is 0 Å². The third-order valence-electron chi connectivity index (χ3n) is 8.67. The Hall–Kier alpha value is -4.50. The van der Waals surface area contributed by atoms with Gasteiger partial charge in [0.25, 0.3) is 5.91 Å². The molecule has 11 heteroatoms. The minimum atomic E-state index is -2.69. The van der Waals surface area contributed by atoms with Crippen molar-refractivity contribution in [3.8, 4) is 22.9 Å². The zero-order valence-corrected chi connectivity index (χ0v) is 23.1. The van der Waals surface area contributed by atoms with E-state index in [1.165, 1.54) is 25.1 Å². The van der Waals surface area contributed by atoms with Crippen molar-refractivity contribution in [2.24, 2.45) is 22.6 Å². The van der Waals surface area contributed by atoms with Crippen LogP contribution < -0.4 is 17.2 Å². The summed E-state index contributed by atoms with van der Waals surface area (Å²) in [6.07, 6.45) is -0.531. The number of aliphatic hydroxyl groups excluding tert-OH is 2. The number of Topliss-reactive ketones (excluding diaryl/α,β-unsaturated/α-hetero) is 2. The summed E-state index contributed by atoms with van der Waals surface area (Å²) in [5.41, 5.74) is 15.1. The molecule has 3 aliphatic rings. The second kappa shape index (κ2) is 8.75. The van der Waals surface area contributed by atoms with Gasteiger partial charge in [0.1, 0.15) is 22.8 Å². The maximum Gasteiger partial charge on any atom is 0.255 e. The minimum absolute atomic E-state index is 0.0432. The van der Waals surface area contributed by atoms with E-state index in [1.54, 1.807) is 12.1 Å². The zero-order chi connectivity index (χ0) is 30.4. The highest BCUT2D eigenvalue weighted by Gasteiger charge is 2.74. The van der Waals surface area contributed by atoms with Crippen molar-refractivity contribution in [3.63, 3.8) is 0 Å². The van der Waals surface area contributed by atoms with Crippen molar-refractivity contribution < 1.29 is 29.7 Å². The number of phenolic OH excluding ortho intramolecular Hbond substituents is 1. The van der Waals surface area contributed by atoms with Crippen LogP contribution in [0.4, 0.5) is 0 Å². The van der Waals surface area contributed by atoms with Gasteiger partial charge < -0.3 is 32.5 Å². The predicted octanol–water partition coefficient (Wildman–Crippen LogP) is 1.19.